The lowest BCUT2D eigenvalue weighted by molar-refractivity contribution is -0.384. The Kier molecular flexibility index (Phi) is 9.22. The van der Waals surface area contributed by atoms with E-state index in [2.05, 4.69) is 43.8 Å². The Balaban J connectivity index is 1.84. The van der Waals surface area contributed by atoms with Crippen LogP contribution >= 0.6 is 38.5 Å². The van der Waals surface area contributed by atoms with E-state index < -0.39 is 10.8 Å². The van der Waals surface area contributed by atoms with Crippen molar-refractivity contribution in [2.45, 2.75) is 13.5 Å². The minimum Gasteiger partial charge on any atom is -0.490 e. The lowest BCUT2D eigenvalue weighted by Gasteiger charge is -2.15. The number of non-ortho nitro benzene ring substituents is 1. The minimum atomic E-state index is -0.534. The van der Waals surface area contributed by atoms with Crippen molar-refractivity contribution in [2.24, 2.45) is 0 Å². The van der Waals surface area contributed by atoms with Gasteiger partial charge >= 0.3 is 0 Å². The summed E-state index contributed by atoms with van der Waals surface area (Å²) in [6, 6.07) is 18.6. The number of carbonyl (C=O) groups is 1. The third-order valence-electron chi connectivity index (χ3n) is 4.61. The van der Waals surface area contributed by atoms with Crippen LogP contribution in [0.3, 0.4) is 0 Å². The van der Waals surface area contributed by atoms with Gasteiger partial charge in [-0.15, -0.1) is 0 Å². The lowest BCUT2D eigenvalue weighted by Crippen LogP contribution is -2.13. The largest absolute Gasteiger partial charge is 0.490 e. The molecule has 0 spiro atoms. The number of nitro benzene ring substituents is 1. The number of rotatable bonds is 9. The molecule has 0 bridgehead atoms. The van der Waals surface area contributed by atoms with Gasteiger partial charge in [0.1, 0.15) is 18.2 Å². The first-order valence-corrected chi connectivity index (χ1v) is 12.2. The quantitative estimate of drug-likeness (QED) is 0.0934. The van der Waals surface area contributed by atoms with E-state index in [0.717, 1.165) is 4.47 Å². The molecular weight excluding hydrogens is 629 g/mol. The number of benzene rings is 3. The summed E-state index contributed by atoms with van der Waals surface area (Å²) < 4.78 is 13.2. The number of hydrogen-bond acceptors (Lipinski definition) is 6. The molecule has 1 amide bonds. The molecule has 35 heavy (non-hydrogen) atoms. The second-order valence-corrected chi connectivity index (χ2v) is 9.19. The monoisotopic (exact) mass is 647 g/mol. The molecule has 0 aliphatic rings. The third-order valence-corrected chi connectivity index (χ3v) is 5.94. The van der Waals surface area contributed by atoms with Crippen molar-refractivity contribution in [3.63, 3.8) is 0 Å². The Hall–Kier alpha value is -3.43. The highest BCUT2D eigenvalue weighted by Crippen LogP contribution is 2.35. The Morgan fingerprint density at radius 2 is 1.94 bits per heavy atom. The normalized spacial score (nSPS) is 10.9. The van der Waals surface area contributed by atoms with E-state index in [1.165, 1.54) is 18.2 Å². The highest BCUT2D eigenvalue weighted by molar-refractivity contribution is 14.1. The summed E-state index contributed by atoms with van der Waals surface area (Å²) in [6.45, 7) is 2.30. The van der Waals surface area contributed by atoms with Crippen molar-refractivity contribution >= 4 is 61.9 Å². The second kappa shape index (κ2) is 12.3. The molecule has 0 fully saturated rings. The molecule has 0 aromatic heterocycles. The second-order valence-electron chi connectivity index (χ2n) is 7.11. The number of hydrogen-bond donors (Lipinski definition) is 1. The summed E-state index contributed by atoms with van der Waals surface area (Å²) in [5, 5.41) is 23.3. The van der Waals surface area contributed by atoms with Gasteiger partial charge in [0.25, 0.3) is 11.6 Å². The standard InChI is InChI=1S/C25H19BrIN3O5/c1-2-34-23-13-17(10-18(14-28)25(31)29-20-8-6-19(26)7-9-20)12-22(27)24(23)35-15-16-4-3-5-21(11-16)30(32)33/h3-13H,2,15H2,1H3,(H,29,31)/b18-10+. The van der Waals surface area contributed by atoms with Gasteiger partial charge in [-0.2, -0.15) is 5.26 Å². The van der Waals surface area contributed by atoms with Crippen molar-refractivity contribution in [1.29, 1.82) is 5.26 Å². The number of nitrogens with one attached hydrogen (secondary N) is 1. The highest BCUT2D eigenvalue weighted by Gasteiger charge is 2.15. The van der Waals surface area contributed by atoms with Gasteiger partial charge in [0.2, 0.25) is 0 Å². The van der Waals surface area contributed by atoms with Crippen molar-refractivity contribution in [3.8, 4) is 17.6 Å². The Morgan fingerprint density at radius 1 is 1.20 bits per heavy atom. The molecule has 0 saturated carbocycles. The summed E-state index contributed by atoms with van der Waals surface area (Å²) in [7, 11) is 0. The van der Waals surface area contributed by atoms with Crippen LogP contribution in [0.1, 0.15) is 18.1 Å². The Morgan fingerprint density at radius 3 is 2.60 bits per heavy atom. The molecule has 10 heteroatoms. The molecule has 0 atom stereocenters. The van der Waals surface area contributed by atoms with Crippen LogP contribution in [0, 0.1) is 25.0 Å². The zero-order chi connectivity index (χ0) is 25.4. The van der Waals surface area contributed by atoms with Crippen LogP contribution in [0.4, 0.5) is 11.4 Å². The van der Waals surface area contributed by atoms with Gasteiger partial charge in [-0.25, -0.2) is 0 Å². The van der Waals surface area contributed by atoms with Gasteiger partial charge in [-0.05, 0) is 83.1 Å². The van der Waals surface area contributed by atoms with Crippen molar-refractivity contribution < 1.29 is 19.2 Å². The van der Waals surface area contributed by atoms with E-state index in [4.69, 9.17) is 9.47 Å². The molecule has 0 aliphatic carbocycles. The highest BCUT2D eigenvalue weighted by atomic mass is 127. The maximum Gasteiger partial charge on any atom is 0.269 e. The first kappa shape index (κ1) is 26.2. The van der Waals surface area contributed by atoms with Gasteiger partial charge in [0, 0.05) is 22.3 Å². The predicted octanol–water partition coefficient (Wildman–Crippen LogP) is 6.49. The average Bonchev–Trinajstić information content (AvgIpc) is 2.83. The van der Waals surface area contributed by atoms with Gasteiger partial charge < -0.3 is 14.8 Å². The molecule has 0 aliphatic heterocycles. The van der Waals surface area contributed by atoms with E-state index in [1.807, 2.05) is 13.0 Å². The molecule has 0 unspecified atom stereocenters. The van der Waals surface area contributed by atoms with Gasteiger partial charge in [0.15, 0.2) is 11.5 Å². The number of halogens is 2. The average molecular weight is 648 g/mol. The molecule has 3 rings (SSSR count). The smallest absolute Gasteiger partial charge is 0.269 e. The summed E-state index contributed by atoms with van der Waals surface area (Å²) in [5.41, 5.74) is 1.70. The van der Waals surface area contributed by atoms with Gasteiger partial charge in [-0.1, -0.05) is 28.1 Å². The van der Waals surface area contributed by atoms with Crippen LogP contribution in [0.2, 0.25) is 0 Å². The fourth-order valence-electron chi connectivity index (χ4n) is 3.04. The number of ether oxygens (including phenoxy) is 2. The van der Waals surface area contributed by atoms with E-state index in [9.17, 15) is 20.2 Å². The molecular formula is C25H19BrIN3O5. The number of nitro groups is 1. The molecule has 1 N–H and O–H groups in total. The molecule has 8 nitrogen and oxygen atoms in total. The lowest BCUT2D eigenvalue weighted by atomic mass is 10.1. The molecule has 0 heterocycles. The number of carbonyl (C=O) groups excluding carboxylic acids is 1. The Bertz CT molecular complexity index is 1320. The van der Waals surface area contributed by atoms with Crippen molar-refractivity contribution in [1.82, 2.24) is 0 Å². The Labute approximate surface area is 224 Å². The van der Waals surface area contributed by atoms with Crippen LogP contribution < -0.4 is 14.8 Å². The fourth-order valence-corrected chi connectivity index (χ4v) is 4.08. The zero-order valence-corrected chi connectivity index (χ0v) is 22.2. The zero-order valence-electron chi connectivity index (χ0n) is 18.5. The summed E-state index contributed by atoms with van der Waals surface area (Å²) in [5.74, 6) is 0.365. The molecule has 0 radical (unpaired) electrons. The van der Waals surface area contributed by atoms with E-state index >= 15 is 0 Å². The maximum absolute atomic E-state index is 12.6. The van der Waals surface area contributed by atoms with Crippen LogP contribution in [0.25, 0.3) is 6.08 Å². The van der Waals surface area contributed by atoms with Crippen molar-refractivity contribution in [2.75, 3.05) is 11.9 Å². The number of anilines is 1. The number of amides is 1. The van der Waals surface area contributed by atoms with E-state index in [-0.39, 0.29) is 17.9 Å². The first-order valence-electron chi connectivity index (χ1n) is 10.3. The number of nitriles is 1. The molecule has 3 aromatic carbocycles. The van der Waals surface area contributed by atoms with Crippen LogP contribution in [-0.4, -0.2) is 17.4 Å². The number of nitrogens with zero attached hydrogens (tertiary/aromatic N) is 2. The van der Waals surface area contributed by atoms with Crippen LogP contribution in [0.15, 0.2) is 70.7 Å². The molecule has 3 aromatic rings. The third kappa shape index (κ3) is 7.27. The van der Waals surface area contributed by atoms with Crippen LogP contribution in [0.5, 0.6) is 11.5 Å². The predicted molar refractivity (Wildman–Crippen MR) is 144 cm³/mol. The van der Waals surface area contributed by atoms with E-state index in [0.29, 0.717) is 38.5 Å². The molecule has 178 valence electrons. The van der Waals surface area contributed by atoms with Gasteiger partial charge in [-0.3, -0.25) is 14.9 Å². The minimum absolute atomic E-state index is 0.0169. The molecule has 0 saturated heterocycles. The summed E-state index contributed by atoms with van der Waals surface area (Å²) in [4.78, 5) is 23.2. The summed E-state index contributed by atoms with van der Waals surface area (Å²) >= 11 is 5.42. The summed E-state index contributed by atoms with van der Waals surface area (Å²) in [6.07, 6.45) is 1.48. The first-order chi connectivity index (χ1) is 16.8. The SMILES string of the molecule is CCOc1cc(/C=C(\C#N)C(=O)Nc2ccc(Br)cc2)cc(I)c1OCc1cccc([N+](=O)[O-])c1. The van der Waals surface area contributed by atoms with Crippen LogP contribution in [-0.2, 0) is 11.4 Å². The van der Waals surface area contributed by atoms with Crippen molar-refractivity contribution in [3.05, 3.63) is 95.5 Å². The maximum atomic E-state index is 12.6. The van der Waals surface area contributed by atoms with Gasteiger partial charge in [0.05, 0.1) is 15.1 Å². The topological polar surface area (TPSA) is 114 Å². The fraction of sp³-hybridized carbons (Fsp3) is 0.120. The van der Waals surface area contributed by atoms with E-state index in [1.54, 1.807) is 48.5 Å².